The third kappa shape index (κ3) is 5.32. The Kier molecular flexibility index (Phi) is 7.16. The molecule has 1 aromatic carbocycles. The molecule has 1 unspecified atom stereocenters. The van der Waals surface area contributed by atoms with Crippen LogP contribution in [0.1, 0.15) is 35.3 Å². The standard InChI is InChI=1S/C29H35N7O3/c37-18-29(19-38)16-36(17-29)26-7-5-23(14-31-26)32-28(39)27-24-11-21(4-6-25(24)33-34-27)22-10-20(12-30-13-22)15-35-8-2-1-3-9-35/h4-7,10-11,13-14,20,37-38H,1-3,8-9,12,15-19H2,(H,32,39)(H,33,34). The number of aliphatic imine (C=N–C) groups is 1. The zero-order valence-corrected chi connectivity index (χ0v) is 22.0. The van der Waals surface area contributed by atoms with E-state index >= 15 is 0 Å². The molecule has 6 rings (SSSR count). The van der Waals surface area contributed by atoms with E-state index < -0.39 is 5.41 Å². The third-order valence-electron chi connectivity index (χ3n) is 8.09. The fourth-order valence-corrected chi connectivity index (χ4v) is 5.77. The number of H-pyrrole nitrogens is 1. The molecule has 1 amide bonds. The van der Waals surface area contributed by atoms with Gasteiger partial charge in [0.2, 0.25) is 0 Å². The zero-order chi connectivity index (χ0) is 26.8. The van der Waals surface area contributed by atoms with Crippen LogP contribution in [-0.4, -0.2) is 94.9 Å². The van der Waals surface area contributed by atoms with Gasteiger partial charge in [0.25, 0.3) is 5.91 Å². The number of hydrogen-bond acceptors (Lipinski definition) is 8. The van der Waals surface area contributed by atoms with Gasteiger partial charge >= 0.3 is 0 Å². The number of pyridine rings is 1. The third-order valence-corrected chi connectivity index (χ3v) is 8.09. The highest BCUT2D eigenvalue weighted by molar-refractivity contribution is 6.14. The first-order valence-electron chi connectivity index (χ1n) is 13.7. The second kappa shape index (κ2) is 10.9. The van der Waals surface area contributed by atoms with Crippen molar-refractivity contribution >= 4 is 40.1 Å². The van der Waals surface area contributed by atoms with Crippen molar-refractivity contribution in [2.75, 3.05) is 62.7 Å². The number of aromatic nitrogens is 3. The van der Waals surface area contributed by atoms with E-state index in [1.165, 1.54) is 32.4 Å². The highest BCUT2D eigenvalue weighted by atomic mass is 16.3. The number of aliphatic hydroxyl groups excluding tert-OH is 2. The Bertz CT molecular complexity index is 1380. The number of hydrogen-bond donors (Lipinski definition) is 4. The monoisotopic (exact) mass is 529 g/mol. The van der Waals surface area contributed by atoms with Gasteiger partial charge in [-0.2, -0.15) is 5.10 Å². The van der Waals surface area contributed by atoms with E-state index in [4.69, 9.17) is 0 Å². The molecule has 204 valence electrons. The highest BCUT2D eigenvalue weighted by Crippen LogP contribution is 2.33. The zero-order valence-electron chi connectivity index (χ0n) is 22.0. The molecule has 2 saturated heterocycles. The lowest BCUT2D eigenvalue weighted by atomic mass is 9.81. The van der Waals surface area contributed by atoms with Gasteiger partial charge in [-0.3, -0.25) is 14.9 Å². The maximum Gasteiger partial charge on any atom is 0.276 e. The first kappa shape index (κ1) is 25.7. The van der Waals surface area contributed by atoms with Crippen molar-refractivity contribution in [1.29, 1.82) is 0 Å². The second-order valence-electron chi connectivity index (χ2n) is 11.1. The summed E-state index contributed by atoms with van der Waals surface area (Å²) in [5.41, 5.74) is 3.32. The number of amides is 1. The quantitative estimate of drug-likeness (QED) is 0.353. The Morgan fingerprint density at radius 1 is 1.10 bits per heavy atom. The van der Waals surface area contributed by atoms with Crippen molar-refractivity contribution in [3.8, 4) is 0 Å². The van der Waals surface area contributed by atoms with Crippen molar-refractivity contribution in [2.45, 2.75) is 19.3 Å². The summed E-state index contributed by atoms with van der Waals surface area (Å²) in [6.45, 7) is 5.17. The summed E-state index contributed by atoms with van der Waals surface area (Å²) in [6, 6.07) is 9.63. The number of piperidine rings is 1. The molecule has 10 heteroatoms. The average Bonchev–Trinajstić information content (AvgIpc) is 3.38. The number of anilines is 2. The number of allylic oxidation sites excluding steroid dienone is 1. The minimum Gasteiger partial charge on any atom is -0.396 e. The Hall–Kier alpha value is -3.60. The summed E-state index contributed by atoms with van der Waals surface area (Å²) < 4.78 is 0. The smallest absolute Gasteiger partial charge is 0.276 e. The van der Waals surface area contributed by atoms with Crippen LogP contribution in [-0.2, 0) is 0 Å². The first-order valence-corrected chi connectivity index (χ1v) is 13.7. The number of carbonyl (C=O) groups is 1. The molecule has 0 bridgehead atoms. The predicted molar refractivity (Wildman–Crippen MR) is 152 cm³/mol. The van der Waals surface area contributed by atoms with E-state index in [1.54, 1.807) is 12.3 Å². The summed E-state index contributed by atoms with van der Waals surface area (Å²) in [5.74, 6) is 0.813. The number of rotatable bonds is 8. The van der Waals surface area contributed by atoms with Crippen molar-refractivity contribution in [2.24, 2.45) is 16.3 Å². The number of benzene rings is 1. The maximum absolute atomic E-state index is 13.2. The van der Waals surface area contributed by atoms with E-state index in [9.17, 15) is 15.0 Å². The second-order valence-corrected chi connectivity index (χ2v) is 11.1. The molecule has 3 aromatic rings. The van der Waals surface area contributed by atoms with Gasteiger partial charge in [0.1, 0.15) is 5.82 Å². The van der Waals surface area contributed by atoms with Gasteiger partial charge in [-0.25, -0.2) is 4.98 Å². The summed E-state index contributed by atoms with van der Waals surface area (Å²) in [5, 5.41) is 29.9. The minimum absolute atomic E-state index is 0.0588. The summed E-state index contributed by atoms with van der Waals surface area (Å²) >= 11 is 0. The van der Waals surface area contributed by atoms with E-state index in [1.807, 2.05) is 35.4 Å². The molecular formula is C29H35N7O3. The van der Waals surface area contributed by atoms with Crippen LogP contribution >= 0.6 is 0 Å². The molecule has 0 aliphatic carbocycles. The number of likely N-dealkylation sites (tertiary alicyclic amines) is 1. The fourth-order valence-electron chi connectivity index (χ4n) is 5.77. The SMILES string of the molecule is O=C(Nc1ccc(N2CC(CO)(CO)C2)nc1)c1n[nH]c2ccc(C3=CC(CN4CCCCC4)CN=C3)cc12. The van der Waals surface area contributed by atoms with Gasteiger partial charge < -0.3 is 25.3 Å². The fraction of sp³-hybridized carbons (Fsp3) is 0.448. The van der Waals surface area contributed by atoms with Gasteiger partial charge in [0, 0.05) is 43.7 Å². The number of nitrogens with zero attached hydrogens (tertiary/aromatic N) is 5. The lowest BCUT2D eigenvalue weighted by Crippen LogP contribution is -2.60. The Morgan fingerprint density at radius 2 is 1.92 bits per heavy atom. The van der Waals surface area contributed by atoms with Crippen LogP contribution in [0.5, 0.6) is 0 Å². The Balaban J connectivity index is 1.14. The molecule has 39 heavy (non-hydrogen) atoms. The molecule has 0 saturated carbocycles. The molecule has 3 aliphatic rings. The van der Waals surface area contributed by atoms with Gasteiger partial charge in [0.05, 0.1) is 36.0 Å². The van der Waals surface area contributed by atoms with E-state index in [0.29, 0.717) is 30.4 Å². The van der Waals surface area contributed by atoms with Crippen LogP contribution in [0, 0.1) is 11.3 Å². The molecule has 1 atom stereocenters. The van der Waals surface area contributed by atoms with Gasteiger partial charge in [-0.15, -0.1) is 0 Å². The van der Waals surface area contributed by atoms with Crippen LogP contribution < -0.4 is 10.2 Å². The van der Waals surface area contributed by atoms with Crippen LogP contribution in [0.3, 0.4) is 0 Å². The molecule has 5 heterocycles. The van der Waals surface area contributed by atoms with Gasteiger partial charge in [0.15, 0.2) is 5.69 Å². The van der Waals surface area contributed by atoms with E-state index in [-0.39, 0.29) is 19.1 Å². The van der Waals surface area contributed by atoms with E-state index in [2.05, 4.69) is 36.5 Å². The van der Waals surface area contributed by atoms with Crippen molar-refractivity contribution in [1.82, 2.24) is 20.1 Å². The molecular weight excluding hydrogens is 494 g/mol. The van der Waals surface area contributed by atoms with Gasteiger partial charge in [-0.1, -0.05) is 18.6 Å². The Morgan fingerprint density at radius 3 is 2.67 bits per heavy atom. The van der Waals surface area contributed by atoms with Crippen LogP contribution in [0.15, 0.2) is 47.6 Å². The maximum atomic E-state index is 13.2. The average molecular weight is 530 g/mol. The normalized spacial score (nSPS) is 21.0. The Labute approximate surface area is 227 Å². The van der Waals surface area contributed by atoms with Crippen molar-refractivity contribution in [3.63, 3.8) is 0 Å². The molecule has 0 radical (unpaired) electrons. The molecule has 2 fully saturated rings. The highest BCUT2D eigenvalue weighted by Gasteiger charge is 2.42. The van der Waals surface area contributed by atoms with Crippen LogP contribution in [0.4, 0.5) is 11.5 Å². The molecule has 3 aliphatic heterocycles. The van der Waals surface area contributed by atoms with E-state index in [0.717, 1.165) is 40.9 Å². The first-order chi connectivity index (χ1) is 19.1. The summed E-state index contributed by atoms with van der Waals surface area (Å²) in [4.78, 5) is 26.8. The molecule has 10 nitrogen and oxygen atoms in total. The number of fused-ring (bicyclic) bond motifs is 1. The number of nitrogens with one attached hydrogen (secondary N) is 2. The number of aromatic amines is 1. The van der Waals surface area contributed by atoms with Crippen molar-refractivity contribution in [3.05, 3.63) is 53.9 Å². The lowest BCUT2D eigenvalue weighted by molar-refractivity contribution is 0.0302. The topological polar surface area (TPSA) is 130 Å². The van der Waals surface area contributed by atoms with Gasteiger partial charge in [-0.05, 0) is 61.3 Å². The van der Waals surface area contributed by atoms with Crippen molar-refractivity contribution < 1.29 is 15.0 Å². The van der Waals surface area contributed by atoms with Crippen LogP contribution in [0.25, 0.3) is 16.5 Å². The number of aliphatic hydroxyl groups is 2. The number of carbonyl (C=O) groups excluding carboxylic acids is 1. The molecule has 0 spiro atoms. The number of dihydropyridines is 1. The minimum atomic E-state index is -0.470. The lowest BCUT2D eigenvalue weighted by Gasteiger charge is -2.48. The largest absolute Gasteiger partial charge is 0.396 e. The molecule has 4 N–H and O–H groups in total. The predicted octanol–water partition coefficient (Wildman–Crippen LogP) is 2.57. The summed E-state index contributed by atoms with van der Waals surface area (Å²) in [6.07, 6.45) is 9.76. The summed E-state index contributed by atoms with van der Waals surface area (Å²) in [7, 11) is 0. The molecule has 2 aromatic heterocycles. The van der Waals surface area contributed by atoms with Crippen LogP contribution in [0.2, 0.25) is 0 Å².